The Morgan fingerprint density at radius 3 is 2.26 bits per heavy atom. The van der Waals surface area contributed by atoms with Gasteiger partial charge in [0.1, 0.15) is 0 Å². The van der Waals surface area contributed by atoms with Crippen LogP contribution in [0.5, 0.6) is 0 Å². The normalized spacial score (nSPS) is 15.6. The van der Waals surface area contributed by atoms with Crippen LogP contribution in [0.2, 0.25) is 0 Å². The predicted octanol–water partition coefficient (Wildman–Crippen LogP) is 4.16. The van der Waals surface area contributed by atoms with Gasteiger partial charge in [-0.1, -0.05) is 49.6 Å². The van der Waals surface area contributed by atoms with Crippen molar-refractivity contribution in [3.8, 4) is 0 Å². The van der Waals surface area contributed by atoms with E-state index in [0.29, 0.717) is 11.3 Å². The summed E-state index contributed by atoms with van der Waals surface area (Å²) in [6, 6.07) is 15.9. The highest BCUT2D eigenvalue weighted by Gasteiger charge is 2.16. The Kier molecular flexibility index (Phi) is 6.29. The van der Waals surface area contributed by atoms with Crippen molar-refractivity contribution in [1.29, 1.82) is 0 Å². The van der Waals surface area contributed by atoms with Gasteiger partial charge < -0.3 is 5.32 Å². The first-order chi connectivity index (χ1) is 13.0. The standard InChI is InChI=1S/C21H24N2O3S/c24-21(22-19-9-5-2-6-10-19)18-11-13-20(14-12-18)23-27(25,26)16-15-17-7-3-1-4-8-17/h1,3-4,7-8,11-16,19,23H,2,5-6,9-10H2,(H,22,24)/b16-15-. The molecule has 2 aromatic carbocycles. The van der Waals surface area contributed by atoms with Crippen LogP contribution in [0.3, 0.4) is 0 Å². The van der Waals surface area contributed by atoms with Gasteiger partial charge >= 0.3 is 0 Å². The van der Waals surface area contributed by atoms with E-state index in [1.54, 1.807) is 24.3 Å². The van der Waals surface area contributed by atoms with Gasteiger partial charge in [0, 0.05) is 17.3 Å². The van der Waals surface area contributed by atoms with Gasteiger partial charge in [-0.2, -0.15) is 0 Å². The van der Waals surface area contributed by atoms with Crippen LogP contribution in [0.4, 0.5) is 5.69 Å². The lowest BCUT2D eigenvalue weighted by molar-refractivity contribution is 0.0927. The fourth-order valence-corrected chi connectivity index (χ4v) is 4.00. The second-order valence-electron chi connectivity index (χ2n) is 6.75. The van der Waals surface area contributed by atoms with Crippen molar-refractivity contribution in [2.75, 3.05) is 4.72 Å². The van der Waals surface area contributed by atoms with Crippen LogP contribution in [0.15, 0.2) is 60.0 Å². The Morgan fingerprint density at radius 2 is 1.59 bits per heavy atom. The number of benzene rings is 2. The van der Waals surface area contributed by atoms with E-state index in [9.17, 15) is 13.2 Å². The molecule has 3 rings (SSSR count). The lowest BCUT2D eigenvalue weighted by Crippen LogP contribution is -2.36. The van der Waals surface area contributed by atoms with Crippen LogP contribution in [0.1, 0.15) is 48.0 Å². The van der Waals surface area contributed by atoms with E-state index in [2.05, 4.69) is 10.0 Å². The monoisotopic (exact) mass is 384 g/mol. The lowest BCUT2D eigenvalue weighted by Gasteiger charge is -2.22. The van der Waals surface area contributed by atoms with E-state index in [1.807, 2.05) is 30.3 Å². The molecule has 2 N–H and O–H groups in total. The largest absolute Gasteiger partial charge is 0.349 e. The quantitative estimate of drug-likeness (QED) is 0.785. The van der Waals surface area contributed by atoms with Crippen molar-refractivity contribution in [1.82, 2.24) is 5.32 Å². The van der Waals surface area contributed by atoms with Crippen LogP contribution in [-0.2, 0) is 10.0 Å². The molecule has 1 aliphatic carbocycles. The third kappa shape index (κ3) is 5.96. The maximum Gasteiger partial charge on any atom is 0.255 e. The first-order valence-corrected chi connectivity index (χ1v) is 10.7. The molecule has 0 aliphatic heterocycles. The summed E-state index contributed by atoms with van der Waals surface area (Å²) >= 11 is 0. The van der Waals surface area contributed by atoms with E-state index in [-0.39, 0.29) is 11.9 Å². The van der Waals surface area contributed by atoms with E-state index in [0.717, 1.165) is 36.7 Å². The van der Waals surface area contributed by atoms with Crippen LogP contribution in [-0.4, -0.2) is 20.4 Å². The van der Waals surface area contributed by atoms with Crippen molar-refractivity contribution in [2.45, 2.75) is 38.1 Å². The molecule has 0 atom stereocenters. The van der Waals surface area contributed by atoms with Gasteiger partial charge in [-0.15, -0.1) is 0 Å². The van der Waals surface area contributed by atoms with Crippen molar-refractivity contribution >= 4 is 27.7 Å². The molecule has 1 fully saturated rings. The number of hydrogen-bond acceptors (Lipinski definition) is 3. The molecule has 1 aliphatic rings. The summed E-state index contributed by atoms with van der Waals surface area (Å²) < 4.78 is 26.8. The third-order valence-electron chi connectivity index (χ3n) is 4.59. The van der Waals surface area contributed by atoms with E-state index in [1.165, 1.54) is 12.5 Å². The van der Waals surface area contributed by atoms with Crippen LogP contribution < -0.4 is 10.0 Å². The summed E-state index contributed by atoms with van der Waals surface area (Å²) in [5.74, 6) is -0.111. The highest BCUT2D eigenvalue weighted by Crippen LogP contribution is 2.18. The summed E-state index contributed by atoms with van der Waals surface area (Å²) in [6.45, 7) is 0. The second kappa shape index (κ2) is 8.86. The maximum atomic E-state index is 12.3. The number of amides is 1. The van der Waals surface area contributed by atoms with Crippen LogP contribution in [0.25, 0.3) is 6.08 Å². The number of rotatable bonds is 6. The van der Waals surface area contributed by atoms with Gasteiger partial charge in [0.2, 0.25) is 0 Å². The molecule has 0 heterocycles. The molecule has 1 amide bonds. The molecule has 142 valence electrons. The van der Waals surface area contributed by atoms with Gasteiger partial charge in [0.05, 0.1) is 5.41 Å². The summed E-state index contributed by atoms with van der Waals surface area (Å²) in [7, 11) is -3.62. The van der Waals surface area contributed by atoms with E-state index in [4.69, 9.17) is 0 Å². The van der Waals surface area contributed by atoms with Crippen LogP contribution >= 0.6 is 0 Å². The molecule has 0 spiro atoms. The maximum absolute atomic E-state index is 12.3. The van der Waals surface area contributed by atoms with Crippen molar-refractivity contribution < 1.29 is 13.2 Å². The summed E-state index contributed by atoms with van der Waals surface area (Å²) in [4.78, 5) is 12.3. The van der Waals surface area contributed by atoms with Crippen molar-refractivity contribution in [3.05, 3.63) is 71.1 Å². The predicted molar refractivity (Wildman–Crippen MR) is 109 cm³/mol. The molecular formula is C21H24N2O3S. The average molecular weight is 385 g/mol. The van der Waals surface area contributed by atoms with Crippen molar-refractivity contribution in [2.24, 2.45) is 0 Å². The minimum absolute atomic E-state index is 0.111. The minimum Gasteiger partial charge on any atom is -0.349 e. The zero-order chi connectivity index (χ0) is 19.1. The van der Waals surface area contributed by atoms with Gasteiger partial charge in [-0.3, -0.25) is 9.52 Å². The molecule has 0 unspecified atom stereocenters. The highest BCUT2D eigenvalue weighted by atomic mass is 32.2. The molecule has 2 aromatic rings. The highest BCUT2D eigenvalue weighted by molar-refractivity contribution is 7.95. The average Bonchev–Trinajstić information content (AvgIpc) is 2.68. The fourth-order valence-electron chi connectivity index (χ4n) is 3.14. The van der Waals surface area contributed by atoms with Gasteiger partial charge in [0.15, 0.2) is 0 Å². The summed E-state index contributed by atoms with van der Waals surface area (Å²) in [5, 5.41) is 4.18. The molecule has 0 radical (unpaired) electrons. The Labute approximate surface area is 160 Å². The number of nitrogens with one attached hydrogen (secondary N) is 2. The zero-order valence-corrected chi connectivity index (χ0v) is 15.9. The smallest absolute Gasteiger partial charge is 0.255 e. The van der Waals surface area contributed by atoms with Crippen molar-refractivity contribution in [3.63, 3.8) is 0 Å². The number of anilines is 1. The molecule has 0 aromatic heterocycles. The Bertz CT molecular complexity index is 885. The molecule has 6 heteroatoms. The second-order valence-corrected chi connectivity index (χ2v) is 8.31. The number of hydrogen-bond donors (Lipinski definition) is 2. The topological polar surface area (TPSA) is 75.3 Å². The Hall–Kier alpha value is -2.60. The number of carbonyl (C=O) groups is 1. The Balaban J connectivity index is 1.59. The third-order valence-corrected chi connectivity index (χ3v) is 5.60. The fraction of sp³-hybridized carbons (Fsp3) is 0.286. The van der Waals surface area contributed by atoms with Gasteiger partial charge in [0.25, 0.3) is 15.9 Å². The molecule has 0 saturated heterocycles. The molecule has 5 nitrogen and oxygen atoms in total. The van der Waals surface area contributed by atoms with Gasteiger partial charge in [-0.05, 0) is 48.7 Å². The SMILES string of the molecule is O=C(NC1CCCCC1)c1ccc(NS(=O)(=O)/C=C\c2ccccc2)cc1. The zero-order valence-electron chi connectivity index (χ0n) is 15.1. The number of sulfonamides is 1. The molecule has 1 saturated carbocycles. The van der Waals surface area contributed by atoms with E-state index >= 15 is 0 Å². The summed E-state index contributed by atoms with van der Waals surface area (Å²) in [5.41, 5.74) is 1.75. The molecule has 0 bridgehead atoms. The first kappa shape index (κ1) is 19.2. The lowest BCUT2D eigenvalue weighted by atomic mass is 9.95. The number of carbonyl (C=O) groups excluding carboxylic acids is 1. The molecular weight excluding hydrogens is 360 g/mol. The van der Waals surface area contributed by atoms with Gasteiger partial charge in [-0.25, -0.2) is 8.42 Å². The Morgan fingerprint density at radius 1 is 0.926 bits per heavy atom. The first-order valence-electron chi connectivity index (χ1n) is 9.19. The summed E-state index contributed by atoms with van der Waals surface area (Å²) in [6.07, 6.45) is 7.13. The van der Waals surface area contributed by atoms with E-state index < -0.39 is 10.0 Å². The van der Waals surface area contributed by atoms with Crippen LogP contribution in [0, 0.1) is 0 Å². The molecule has 27 heavy (non-hydrogen) atoms. The minimum atomic E-state index is -3.62.